The molecule has 5 heteroatoms. The Kier molecular flexibility index (Phi) is 5.46. The van der Waals surface area contributed by atoms with E-state index in [-0.39, 0.29) is 17.5 Å². The molecule has 0 saturated heterocycles. The van der Waals surface area contributed by atoms with Crippen LogP contribution in [0, 0.1) is 5.82 Å². The summed E-state index contributed by atoms with van der Waals surface area (Å²) in [5.74, 6) is -0.155. The maximum absolute atomic E-state index is 12.8. The number of carbonyl (C=O) groups excluding carboxylic acids is 2. The van der Waals surface area contributed by atoms with Crippen LogP contribution in [-0.2, 0) is 4.79 Å². The third-order valence-electron chi connectivity index (χ3n) is 3.29. The van der Waals surface area contributed by atoms with Gasteiger partial charge >= 0.3 is 0 Å². The predicted octanol–water partition coefficient (Wildman–Crippen LogP) is 3.82. The van der Waals surface area contributed by atoms with Crippen LogP contribution in [0.25, 0.3) is 0 Å². The van der Waals surface area contributed by atoms with Gasteiger partial charge in [-0.1, -0.05) is 6.92 Å². The van der Waals surface area contributed by atoms with E-state index in [4.69, 9.17) is 4.74 Å². The van der Waals surface area contributed by atoms with Gasteiger partial charge in [-0.15, -0.1) is 0 Å². The van der Waals surface area contributed by atoms with Crippen molar-refractivity contribution in [3.63, 3.8) is 0 Å². The van der Waals surface area contributed by atoms with Crippen LogP contribution in [-0.4, -0.2) is 17.8 Å². The first-order chi connectivity index (χ1) is 11.0. The molecule has 1 N–H and O–H groups in total. The smallest absolute Gasteiger partial charge is 0.265 e. The molecule has 1 atom stereocenters. The first-order valence-electron chi connectivity index (χ1n) is 7.36. The fourth-order valence-electron chi connectivity index (χ4n) is 1.96. The molecule has 0 heterocycles. The van der Waals surface area contributed by atoms with E-state index in [2.05, 4.69) is 5.32 Å². The highest BCUT2D eigenvalue weighted by Crippen LogP contribution is 2.16. The van der Waals surface area contributed by atoms with E-state index >= 15 is 0 Å². The minimum Gasteiger partial charge on any atom is -0.481 e. The number of nitrogens with one attached hydrogen (secondary N) is 1. The van der Waals surface area contributed by atoms with Crippen LogP contribution in [0.4, 0.5) is 10.1 Å². The molecule has 2 aromatic rings. The summed E-state index contributed by atoms with van der Waals surface area (Å²) in [6.45, 7) is 3.42. The van der Waals surface area contributed by atoms with Gasteiger partial charge in [0.2, 0.25) is 0 Å². The normalized spacial score (nSPS) is 11.6. The van der Waals surface area contributed by atoms with Crippen LogP contribution in [0.5, 0.6) is 5.75 Å². The zero-order valence-corrected chi connectivity index (χ0v) is 13.0. The van der Waals surface area contributed by atoms with Crippen LogP contribution in [0.1, 0.15) is 30.6 Å². The lowest BCUT2D eigenvalue weighted by atomic mass is 10.1. The summed E-state index contributed by atoms with van der Waals surface area (Å²) in [4.78, 5) is 23.6. The van der Waals surface area contributed by atoms with Gasteiger partial charge in [0.1, 0.15) is 11.6 Å². The molecular formula is C18H18FNO3. The zero-order valence-electron chi connectivity index (χ0n) is 13.0. The lowest BCUT2D eigenvalue weighted by molar-refractivity contribution is -0.122. The van der Waals surface area contributed by atoms with Gasteiger partial charge in [-0.3, -0.25) is 9.59 Å². The van der Waals surface area contributed by atoms with Gasteiger partial charge in [0, 0.05) is 17.7 Å². The molecule has 0 radical (unpaired) electrons. The van der Waals surface area contributed by atoms with Gasteiger partial charge in [-0.2, -0.15) is 0 Å². The molecule has 0 aliphatic rings. The van der Waals surface area contributed by atoms with Crippen LogP contribution in [0.2, 0.25) is 0 Å². The van der Waals surface area contributed by atoms with Gasteiger partial charge in [0.25, 0.3) is 5.91 Å². The second-order valence-electron chi connectivity index (χ2n) is 5.06. The molecular weight excluding hydrogens is 297 g/mol. The summed E-state index contributed by atoms with van der Waals surface area (Å²) in [5, 5.41) is 2.64. The molecule has 2 rings (SSSR count). The van der Waals surface area contributed by atoms with Gasteiger partial charge < -0.3 is 10.1 Å². The number of halogens is 1. The number of anilines is 1. The monoisotopic (exact) mass is 315 g/mol. The number of carbonyl (C=O) groups is 2. The first-order valence-corrected chi connectivity index (χ1v) is 7.36. The number of Topliss-reactive ketones (excluding diaryl/α,β-unsaturated/α-hetero) is 1. The van der Waals surface area contributed by atoms with E-state index in [0.29, 0.717) is 23.4 Å². The Morgan fingerprint density at radius 3 is 2.26 bits per heavy atom. The predicted molar refractivity (Wildman–Crippen MR) is 86.2 cm³/mol. The third kappa shape index (κ3) is 4.64. The Balaban J connectivity index is 1.95. The van der Waals surface area contributed by atoms with E-state index in [1.54, 1.807) is 38.1 Å². The Morgan fingerprint density at radius 1 is 1.09 bits per heavy atom. The molecule has 0 spiro atoms. The van der Waals surface area contributed by atoms with Crippen molar-refractivity contribution < 1.29 is 18.7 Å². The van der Waals surface area contributed by atoms with Crippen molar-refractivity contribution in [1.82, 2.24) is 0 Å². The topological polar surface area (TPSA) is 55.4 Å². The van der Waals surface area contributed by atoms with Crippen LogP contribution < -0.4 is 10.1 Å². The summed E-state index contributed by atoms with van der Waals surface area (Å²) < 4.78 is 18.4. The number of ketones is 1. The summed E-state index contributed by atoms with van der Waals surface area (Å²) in [7, 11) is 0. The number of hydrogen-bond acceptors (Lipinski definition) is 3. The summed E-state index contributed by atoms with van der Waals surface area (Å²) in [6, 6.07) is 12.2. The van der Waals surface area contributed by atoms with E-state index in [1.807, 2.05) is 0 Å². The van der Waals surface area contributed by atoms with Crippen LogP contribution in [0.15, 0.2) is 48.5 Å². The molecule has 0 bridgehead atoms. The third-order valence-corrected chi connectivity index (χ3v) is 3.29. The maximum atomic E-state index is 12.8. The summed E-state index contributed by atoms with van der Waals surface area (Å²) >= 11 is 0. The highest BCUT2D eigenvalue weighted by molar-refractivity contribution is 5.96. The summed E-state index contributed by atoms with van der Waals surface area (Å²) in [5.41, 5.74) is 1.11. The standard InChI is InChI=1S/C18H18FNO3/c1-3-17(21)13-4-10-16(11-5-13)23-12(2)18(22)20-15-8-6-14(19)7-9-15/h4-12H,3H2,1-2H3,(H,20,22)/t12-/m1/s1. The second-order valence-corrected chi connectivity index (χ2v) is 5.06. The highest BCUT2D eigenvalue weighted by Gasteiger charge is 2.15. The molecule has 0 aliphatic heterocycles. The second kappa shape index (κ2) is 7.54. The minimum absolute atomic E-state index is 0.0543. The average Bonchev–Trinajstić information content (AvgIpc) is 2.56. The van der Waals surface area contributed by atoms with Crippen LogP contribution >= 0.6 is 0 Å². The van der Waals surface area contributed by atoms with Crippen molar-refractivity contribution >= 4 is 17.4 Å². The van der Waals surface area contributed by atoms with E-state index < -0.39 is 6.10 Å². The average molecular weight is 315 g/mol. The SMILES string of the molecule is CCC(=O)c1ccc(O[C@H](C)C(=O)Nc2ccc(F)cc2)cc1. The number of hydrogen-bond donors (Lipinski definition) is 1. The van der Waals surface area contributed by atoms with Crippen molar-refractivity contribution in [3.8, 4) is 5.75 Å². The van der Waals surface area contributed by atoms with E-state index in [1.165, 1.54) is 24.3 Å². The van der Waals surface area contributed by atoms with Crippen molar-refractivity contribution in [1.29, 1.82) is 0 Å². The molecule has 0 aliphatic carbocycles. The van der Waals surface area contributed by atoms with Crippen molar-refractivity contribution in [3.05, 3.63) is 59.9 Å². The van der Waals surface area contributed by atoms with Crippen molar-refractivity contribution in [2.24, 2.45) is 0 Å². The number of amides is 1. The molecule has 4 nitrogen and oxygen atoms in total. The van der Waals surface area contributed by atoms with Gasteiger partial charge in [0.15, 0.2) is 11.9 Å². The Hall–Kier alpha value is -2.69. The summed E-state index contributed by atoms with van der Waals surface area (Å²) in [6.07, 6.45) is -0.288. The molecule has 120 valence electrons. The molecule has 0 unspecified atom stereocenters. The fourth-order valence-corrected chi connectivity index (χ4v) is 1.96. The van der Waals surface area contributed by atoms with Gasteiger partial charge in [0.05, 0.1) is 0 Å². The first kappa shape index (κ1) is 16.7. The fraction of sp³-hybridized carbons (Fsp3) is 0.222. The molecule has 1 amide bonds. The van der Waals surface area contributed by atoms with E-state index in [9.17, 15) is 14.0 Å². The molecule has 0 saturated carbocycles. The molecule has 0 fully saturated rings. The highest BCUT2D eigenvalue weighted by atomic mass is 19.1. The molecule has 2 aromatic carbocycles. The van der Waals surface area contributed by atoms with Crippen LogP contribution in [0.3, 0.4) is 0 Å². The zero-order chi connectivity index (χ0) is 16.8. The van der Waals surface area contributed by atoms with Crippen molar-refractivity contribution in [2.45, 2.75) is 26.4 Å². The largest absolute Gasteiger partial charge is 0.481 e. The number of ether oxygens (including phenoxy) is 1. The maximum Gasteiger partial charge on any atom is 0.265 e. The molecule has 23 heavy (non-hydrogen) atoms. The lowest BCUT2D eigenvalue weighted by Crippen LogP contribution is -2.30. The minimum atomic E-state index is -0.729. The number of rotatable bonds is 6. The number of benzene rings is 2. The van der Waals surface area contributed by atoms with Crippen molar-refractivity contribution in [2.75, 3.05) is 5.32 Å². The van der Waals surface area contributed by atoms with Gasteiger partial charge in [-0.05, 0) is 55.5 Å². The Morgan fingerprint density at radius 2 is 1.70 bits per heavy atom. The Labute approximate surface area is 134 Å². The van der Waals surface area contributed by atoms with Gasteiger partial charge in [-0.25, -0.2) is 4.39 Å². The quantitative estimate of drug-likeness (QED) is 0.824. The Bertz CT molecular complexity index is 680. The van der Waals surface area contributed by atoms with E-state index in [0.717, 1.165) is 0 Å². The molecule has 0 aromatic heterocycles. The lowest BCUT2D eigenvalue weighted by Gasteiger charge is -2.15.